The minimum absolute atomic E-state index is 0.272. The monoisotopic (exact) mass is 280 g/mol. The van der Waals surface area contributed by atoms with E-state index in [9.17, 15) is 21.6 Å². The Hall–Kier alpha value is -1.41. The molecule has 4 nitrogen and oxygen atoms in total. The predicted molar refractivity (Wildman–Crippen MR) is 61.6 cm³/mol. The van der Waals surface area contributed by atoms with E-state index in [1.54, 1.807) is 0 Å². The average molecular weight is 280 g/mol. The molecule has 0 heterocycles. The molecule has 1 rings (SSSR count). The van der Waals surface area contributed by atoms with Crippen molar-refractivity contribution in [3.8, 4) is 0 Å². The first kappa shape index (κ1) is 14.7. The third kappa shape index (κ3) is 3.81. The number of halogens is 3. The summed E-state index contributed by atoms with van der Waals surface area (Å²) in [5.41, 5.74) is -0.524. The van der Waals surface area contributed by atoms with Gasteiger partial charge in [0, 0.05) is 20.3 Å². The van der Waals surface area contributed by atoms with Gasteiger partial charge in [-0.15, -0.1) is 0 Å². The standard InChI is InChI=1S/C10H11F3N2O2S/c1-15(2)18(16,17)14-7-8-3-5-9(6-4-8)10(11,12)13/h3-7H,1-2H3/b14-7+. The third-order valence-electron chi connectivity index (χ3n) is 2.03. The molecule has 0 bridgehead atoms. The number of alkyl halides is 3. The molecule has 0 radical (unpaired) electrons. The van der Waals surface area contributed by atoms with Crippen LogP contribution in [0.25, 0.3) is 0 Å². The van der Waals surface area contributed by atoms with Gasteiger partial charge in [-0.3, -0.25) is 0 Å². The lowest BCUT2D eigenvalue weighted by Gasteiger charge is -2.06. The Morgan fingerprint density at radius 2 is 1.67 bits per heavy atom. The van der Waals surface area contributed by atoms with Gasteiger partial charge in [0.1, 0.15) is 0 Å². The van der Waals surface area contributed by atoms with E-state index in [1.807, 2.05) is 0 Å². The maximum Gasteiger partial charge on any atom is 0.416 e. The van der Waals surface area contributed by atoms with Gasteiger partial charge in [0.05, 0.1) is 5.56 Å². The van der Waals surface area contributed by atoms with E-state index in [-0.39, 0.29) is 5.56 Å². The first-order valence-electron chi connectivity index (χ1n) is 4.78. The summed E-state index contributed by atoms with van der Waals surface area (Å²) in [6.07, 6.45) is -3.42. The first-order valence-corrected chi connectivity index (χ1v) is 6.18. The molecule has 0 saturated heterocycles. The largest absolute Gasteiger partial charge is 0.416 e. The van der Waals surface area contributed by atoms with Crippen molar-refractivity contribution in [1.29, 1.82) is 0 Å². The fraction of sp³-hybridized carbons (Fsp3) is 0.300. The van der Waals surface area contributed by atoms with Crippen molar-refractivity contribution < 1.29 is 21.6 Å². The van der Waals surface area contributed by atoms with Crippen LogP contribution in [-0.2, 0) is 16.4 Å². The van der Waals surface area contributed by atoms with Crippen LogP contribution in [0.15, 0.2) is 28.7 Å². The summed E-state index contributed by atoms with van der Waals surface area (Å²) in [4.78, 5) is 0. The summed E-state index contributed by atoms with van der Waals surface area (Å²) in [6, 6.07) is 4.03. The number of hydrogen-bond acceptors (Lipinski definition) is 2. The van der Waals surface area contributed by atoms with Gasteiger partial charge in [-0.1, -0.05) is 12.1 Å². The van der Waals surface area contributed by atoms with Crippen molar-refractivity contribution in [2.45, 2.75) is 6.18 Å². The highest BCUT2D eigenvalue weighted by molar-refractivity contribution is 7.87. The minimum atomic E-state index is -4.41. The van der Waals surface area contributed by atoms with Gasteiger partial charge in [-0.2, -0.15) is 30.3 Å². The van der Waals surface area contributed by atoms with Crippen LogP contribution in [-0.4, -0.2) is 33.0 Å². The molecule has 18 heavy (non-hydrogen) atoms. The van der Waals surface area contributed by atoms with Gasteiger partial charge >= 0.3 is 16.4 Å². The highest BCUT2D eigenvalue weighted by atomic mass is 32.2. The molecule has 0 spiro atoms. The number of nitrogens with zero attached hydrogens (tertiary/aromatic N) is 2. The average Bonchev–Trinajstić information content (AvgIpc) is 2.25. The Bertz CT molecular complexity index is 533. The molecule has 0 unspecified atom stereocenters. The van der Waals surface area contributed by atoms with Crippen molar-refractivity contribution in [2.24, 2.45) is 4.40 Å². The second-order valence-corrected chi connectivity index (χ2v) is 5.45. The summed E-state index contributed by atoms with van der Waals surface area (Å²) in [7, 11) is -1.14. The Kier molecular flexibility index (Phi) is 4.12. The zero-order chi connectivity index (χ0) is 14.0. The van der Waals surface area contributed by atoms with E-state index in [4.69, 9.17) is 0 Å². The quantitative estimate of drug-likeness (QED) is 0.794. The van der Waals surface area contributed by atoms with Crippen LogP contribution in [0.5, 0.6) is 0 Å². The molecule has 1 aromatic rings. The van der Waals surface area contributed by atoms with Crippen LogP contribution in [0.3, 0.4) is 0 Å². The van der Waals surface area contributed by atoms with Gasteiger partial charge in [0.25, 0.3) is 0 Å². The summed E-state index contributed by atoms with van der Waals surface area (Å²) >= 11 is 0. The topological polar surface area (TPSA) is 49.7 Å². The maximum absolute atomic E-state index is 12.3. The summed E-state index contributed by atoms with van der Waals surface area (Å²) in [6.45, 7) is 0. The molecule has 0 aliphatic heterocycles. The molecule has 0 aliphatic carbocycles. The molecule has 0 N–H and O–H groups in total. The fourth-order valence-corrected chi connectivity index (χ4v) is 1.42. The lowest BCUT2D eigenvalue weighted by atomic mass is 10.1. The predicted octanol–water partition coefficient (Wildman–Crippen LogP) is 1.93. The van der Waals surface area contributed by atoms with Crippen molar-refractivity contribution in [3.05, 3.63) is 35.4 Å². The smallest absolute Gasteiger partial charge is 0.189 e. The summed E-state index contributed by atoms with van der Waals surface area (Å²) < 4.78 is 63.6. The van der Waals surface area contributed by atoms with Gasteiger partial charge in [0.2, 0.25) is 0 Å². The molecule has 1 aromatic carbocycles. The minimum Gasteiger partial charge on any atom is -0.189 e. The van der Waals surface area contributed by atoms with Crippen molar-refractivity contribution >= 4 is 16.4 Å². The molecule has 8 heteroatoms. The highest BCUT2D eigenvalue weighted by Gasteiger charge is 2.29. The van der Waals surface area contributed by atoms with Crippen molar-refractivity contribution in [3.63, 3.8) is 0 Å². The van der Waals surface area contributed by atoms with E-state index in [0.29, 0.717) is 0 Å². The Balaban J connectivity index is 2.92. The van der Waals surface area contributed by atoms with Gasteiger partial charge < -0.3 is 0 Å². The summed E-state index contributed by atoms with van der Waals surface area (Å²) in [5.74, 6) is 0. The Morgan fingerprint density at radius 1 is 1.17 bits per heavy atom. The van der Waals surface area contributed by atoms with Crippen LogP contribution in [0.4, 0.5) is 13.2 Å². The Labute approximate surface area is 103 Å². The van der Waals surface area contributed by atoms with E-state index >= 15 is 0 Å². The molecular weight excluding hydrogens is 269 g/mol. The molecule has 0 amide bonds. The van der Waals surface area contributed by atoms with Crippen LogP contribution in [0.1, 0.15) is 11.1 Å². The molecule has 100 valence electrons. The fourth-order valence-electron chi connectivity index (χ4n) is 0.980. The van der Waals surface area contributed by atoms with Gasteiger partial charge in [0.15, 0.2) is 0 Å². The van der Waals surface area contributed by atoms with Crippen LogP contribution < -0.4 is 0 Å². The van der Waals surface area contributed by atoms with Crippen molar-refractivity contribution in [1.82, 2.24) is 4.31 Å². The number of rotatable bonds is 3. The van der Waals surface area contributed by atoms with E-state index in [0.717, 1.165) is 34.8 Å². The normalized spacial score (nSPS) is 13.4. The van der Waals surface area contributed by atoms with Gasteiger partial charge in [-0.25, -0.2) is 0 Å². The SMILES string of the molecule is CN(C)S(=O)(=O)/N=C/c1ccc(C(F)(F)F)cc1. The Morgan fingerprint density at radius 3 is 2.06 bits per heavy atom. The second kappa shape index (κ2) is 5.07. The molecule has 0 aliphatic rings. The third-order valence-corrected chi connectivity index (χ3v) is 3.33. The maximum atomic E-state index is 12.3. The number of benzene rings is 1. The lowest BCUT2D eigenvalue weighted by Crippen LogP contribution is -2.19. The molecule has 0 aromatic heterocycles. The summed E-state index contributed by atoms with van der Waals surface area (Å²) in [5, 5.41) is 0. The van der Waals surface area contributed by atoms with E-state index in [1.165, 1.54) is 14.1 Å². The van der Waals surface area contributed by atoms with E-state index < -0.39 is 21.9 Å². The lowest BCUT2D eigenvalue weighted by molar-refractivity contribution is -0.137. The number of hydrogen-bond donors (Lipinski definition) is 0. The van der Waals surface area contributed by atoms with E-state index in [2.05, 4.69) is 4.40 Å². The van der Waals surface area contributed by atoms with Crippen LogP contribution in [0, 0.1) is 0 Å². The molecule has 0 fully saturated rings. The highest BCUT2D eigenvalue weighted by Crippen LogP contribution is 2.28. The van der Waals surface area contributed by atoms with Gasteiger partial charge in [-0.05, 0) is 17.7 Å². The second-order valence-electron chi connectivity index (χ2n) is 3.61. The van der Waals surface area contributed by atoms with Crippen LogP contribution in [0.2, 0.25) is 0 Å². The van der Waals surface area contributed by atoms with Crippen LogP contribution >= 0.6 is 0 Å². The first-order chi connectivity index (χ1) is 8.13. The molecular formula is C10H11F3N2O2S. The molecule has 0 atom stereocenters. The zero-order valence-corrected chi connectivity index (χ0v) is 10.5. The zero-order valence-electron chi connectivity index (χ0n) is 9.64. The van der Waals surface area contributed by atoms with Crippen molar-refractivity contribution in [2.75, 3.05) is 14.1 Å². The molecule has 0 saturated carbocycles.